The standard InChI is InChI=1S/C38H30O12S6/c1-15-17-19(41-5-3-39-17)29(51-15)31-21-23(45-9-7-43-21)33(53-31)35-25-27(49-13-11-47-25)37(55-35)38-28-26(48-12-14-50-28)36(56-38)34-24-22(44-8-10-46-24)32(54-34)30-20-18(16(2)52-30)40-4-6-42-20/h3-14H2,1-2H3. The van der Waals surface area contributed by atoms with Crippen LogP contribution >= 0.6 is 68.0 Å². The van der Waals surface area contributed by atoms with E-state index in [2.05, 4.69) is 13.8 Å². The Morgan fingerprint density at radius 1 is 0.214 bits per heavy atom. The molecule has 0 spiro atoms. The number of rotatable bonds is 5. The molecule has 12 rings (SSSR count). The van der Waals surface area contributed by atoms with Gasteiger partial charge in [0.05, 0.1) is 48.8 Å². The Balaban J connectivity index is 1.02. The van der Waals surface area contributed by atoms with Crippen LogP contribution < -0.4 is 56.8 Å². The van der Waals surface area contributed by atoms with E-state index in [1.165, 1.54) is 0 Å². The van der Waals surface area contributed by atoms with Crippen molar-refractivity contribution >= 4 is 68.0 Å². The average Bonchev–Trinajstić information content (AvgIpc) is 4.10. The maximum absolute atomic E-state index is 6.47. The van der Waals surface area contributed by atoms with E-state index >= 15 is 0 Å². The molecule has 0 saturated carbocycles. The smallest absolute Gasteiger partial charge is 0.181 e. The van der Waals surface area contributed by atoms with Gasteiger partial charge in [0.15, 0.2) is 69.0 Å². The molecule has 6 aromatic rings. The van der Waals surface area contributed by atoms with Crippen molar-refractivity contribution in [3.63, 3.8) is 0 Å². The van der Waals surface area contributed by atoms with Crippen molar-refractivity contribution in [1.29, 1.82) is 0 Å². The summed E-state index contributed by atoms with van der Waals surface area (Å²) < 4.78 is 75.7. The molecule has 290 valence electrons. The van der Waals surface area contributed by atoms with E-state index < -0.39 is 0 Å². The maximum atomic E-state index is 6.47. The highest BCUT2D eigenvalue weighted by atomic mass is 32.1. The Kier molecular flexibility index (Phi) is 7.97. The van der Waals surface area contributed by atoms with E-state index in [9.17, 15) is 0 Å². The predicted molar refractivity (Wildman–Crippen MR) is 216 cm³/mol. The van der Waals surface area contributed by atoms with Gasteiger partial charge in [-0.3, -0.25) is 0 Å². The zero-order valence-corrected chi connectivity index (χ0v) is 34.7. The zero-order chi connectivity index (χ0) is 37.1. The Morgan fingerprint density at radius 3 is 0.554 bits per heavy atom. The van der Waals surface area contributed by atoms with Crippen LogP contribution in [0, 0.1) is 13.8 Å². The van der Waals surface area contributed by atoms with E-state index in [1.807, 2.05) is 0 Å². The molecule has 12 nitrogen and oxygen atoms in total. The third kappa shape index (κ3) is 5.01. The van der Waals surface area contributed by atoms with Gasteiger partial charge in [-0.1, -0.05) is 0 Å². The second-order valence-corrected chi connectivity index (χ2v) is 19.7. The molecule has 0 saturated heterocycles. The number of aryl methyl sites for hydroxylation is 2. The largest absolute Gasteiger partial charge is 0.485 e. The minimum Gasteiger partial charge on any atom is -0.485 e. The summed E-state index contributed by atoms with van der Waals surface area (Å²) >= 11 is 9.69. The fourth-order valence-corrected chi connectivity index (χ4v) is 15.0. The fourth-order valence-electron chi connectivity index (χ4n) is 7.49. The van der Waals surface area contributed by atoms with Gasteiger partial charge in [-0.2, -0.15) is 0 Å². The van der Waals surface area contributed by atoms with Crippen molar-refractivity contribution < 1.29 is 56.8 Å². The van der Waals surface area contributed by atoms with Crippen LogP contribution in [0.15, 0.2) is 0 Å². The summed E-state index contributed by atoms with van der Waals surface area (Å²) in [5, 5.41) is 0. The molecular formula is C38H30O12S6. The first-order valence-corrected chi connectivity index (χ1v) is 23.0. The zero-order valence-electron chi connectivity index (χ0n) is 29.8. The van der Waals surface area contributed by atoms with Gasteiger partial charge in [-0.15, -0.1) is 68.0 Å². The number of ether oxygens (including phenoxy) is 12. The summed E-state index contributed by atoms with van der Waals surface area (Å²) in [5.74, 6) is 8.64. The molecule has 0 amide bonds. The van der Waals surface area contributed by atoms with Crippen LogP contribution in [0.2, 0.25) is 0 Å². The molecule has 0 bridgehead atoms. The van der Waals surface area contributed by atoms with Gasteiger partial charge in [-0.05, 0) is 13.8 Å². The maximum Gasteiger partial charge on any atom is 0.181 e. The quantitative estimate of drug-likeness (QED) is 0.165. The first-order valence-electron chi connectivity index (χ1n) is 18.1. The SMILES string of the molecule is Cc1sc(-c2sc(-c3sc(-c4sc(-c5sc(-c6sc(C)c7c6OCCO7)c6c5OCCO6)c5c4OCCO5)c4c3OCCO4)c3c2OCCO3)c2c1OCCO2. The topological polar surface area (TPSA) is 111 Å². The lowest BCUT2D eigenvalue weighted by atomic mass is 10.2. The molecule has 12 heterocycles. The Labute approximate surface area is 343 Å². The first-order chi connectivity index (χ1) is 27.6. The summed E-state index contributed by atoms with van der Waals surface area (Å²) in [7, 11) is 0. The van der Waals surface area contributed by atoms with Crippen molar-refractivity contribution in [1.82, 2.24) is 0 Å². The third-order valence-electron chi connectivity index (χ3n) is 9.75. The van der Waals surface area contributed by atoms with Crippen LogP contribution in [0.5, 0.6) is 69.0 Å². The van der Waals surface area contributed by atoms with Crippen molar-refractivity contribution in [3.05, 3.63) is 9.75 Å². The van der Waals surface area contributed by atoms with Crippen molar-refractivity contribution in [3.8, 4) is 118 Å². The average molecular weight is 871 g/mol. The van der Waals surface area contributed by atoms with Gasteiger partial charge >= 0.3 is 0 Å². The van der Waals surface area contributed by atoms with Crippen LogP contribution in [-0.4, -0.2) is 79.3 Å². The Bertz CT molecular complexity index is 2390. The molecule has 0 fully saturated rings. The van der Waals surface area contributed by atoms with Crippen LogP contribution in [0.25, 0.3) is 48.8 Å². The predicted octanol–water partition coefficient (Wildman–Crippen LogP) is 9.63. The normalized spacial score (nSPS) is 17.2. The van der Waals surface area contributed by atoms with Crippen molar-refractivity contribution in [2.24, 2.45) is 0 Å². The molecule has 18 heteroatoms. The van der Waals surface area contributed by atoms with Crippen LogP contribution in [0.3, 0.4) is 0 Å². The number of thiophene rings is 6. The second-order valence-electron chi connectivity index (χ2n) is 13.1. The lowest BCUT2D eigenvalue weighted by Crippen LogP contribution is -2.16. The summed E-state index contributed by atoms with van der Waals surface area (Å²) in [6.07, 6.45) is 0. The summed E-state index contributed by atoms with van der Waals surface area (Å²) in [5.41, 5.74) is 0. The third-order valence-corrected chi connectivity index (χ3v) is 17.3. The number of fused-ring (bicyclic) bond motifs is 6. The van der Waals surface area contributed by atoms with E-state index in [0.29, 0.717) is 125 Å². The van der Waals surface area contributed by atoms with Crippen molar-refractivity contribution in [2.75, 3.05) is 79.3 Å². The molecule has 6 aliphatic heterocycles. The molecule has 0 atom stereocenters. The minimum atomic E-state index is 0.419. The van der Waals surface area contributed by atoms with Gasteiger partial charge in [0.2, 0.25) is 0 Å². The highest BCUT2D eigenvalue weighted by Crippen LogP contribution is 2.68. The monoisotopic (exact) mass is 870 g/mol. The lowest BCUT2D eigenvalue weighted by Gasteiger charge is -2.19. The molecule has 56 heavy (non-hydrogen) atoms. The van der Waals surface area contributed by atoms with Gasteiger partial charge in [0, 0.05) is 9.75 Å². The molecule has 6 aliphatic rings. The molecule has 0 aromatic carbocycles. The van der Waals surface area contributed by atoms with E-state index in [1.54, 1.807) is 68.0 Å². The molecular weight excluding hydrogens is 841 g/mol. The molecule has 0 aliphatic carbocycles. The summed E-state index contributed by atoms with van der Waals surface area (Å²) in [6, 6.07) is 0. The fraction of sp³-hybridized carbons (Fsp3) is 0.368. The van der Waals surface area contributed by atoms with E-state index in [4.69, 9.17) is 56.8 Å². The Morgan fingerprint density at radius 2 is 0.357 bits per heavy atom. The van der Waals surface area contributed by atoms with Crippen molar-refractivity contribution in [2.45, 2.75) is 13.8 Å². The number of hydrogen-bond acceptors (Lipinski definition) is 18. The summed E-state index contributed by atoms with van der Waals surface area (Å²) in [4.78, 5) is 11.4. The highest BCUT2D eigenvalue weighted by Gasteiger charge is 2.40. The van der Waals surface area contributed by atoms with Crippen LogP contribution in [0.4, 0.5) is 0 Å². The van der Waals surface area contributed by atoms with Crippen LogP contribution in [0.1, 0.15) is 9.75 Å². The van der Waals surface area contributed by atoms with Crippen LogP contribution in [-0.2, 0) is 0 Å². The first kappa shape index (κ1) is 33.9. The molecule has 0 radical (unpaired) electrons. The number of hydrogen-bond donors (Lipinski definition) is 0. The Hall–Kier alpha value is -4.20. The molecule has 0 N–H and O–H groups in total. The minimum absolute atomic E-state index is 0.419. The van der Waals surface area contributed by atoms with E-state index in [-0.39, 0.29) is 0 Å². The summed E-state index contributed by atoms with van der Waals surface area (Å²) in [6.45, 7) is 9.62. The molecule has 0 unspecified atom stereocenters. The molecule has 6 aromatic heterocycles. The van der Waals surface area contributed by atoms with Gasteiger partial charge in [0.1, 0.15) is 79.3 Å². The van der Waals surface area contributed by atoms with Gasteiger partial charge < -0.3 is 56.8 Å². The van der Waals surface area contributed by atoms with Gasteiger partial charge in [0.25, 0.3) is 0 Å². The van der Waals surface area contributed by atoms with E-state index in [0.717, 1.165) is 81.5 Å². The second kappa shape index (κ2) is 13.2. The highest BCUT2D eigenvalue weighted by molar-refractivity contribution is 7.31. The van der Waals surface area contributed by atoms with Gasteiger partial charge in [-0.25, -0.2) is 0 Å². The lowest BCUT2D eigenvalue weighted by molar-refractivity contribution is 0.170.